The van der Waals surface area contributed by atoms with Crippen molar-refractivity contribution in [3.63, 3.8) is 0 Å². The van der Waals surface area contributed by atoms with Crippen molar-refractivity contribution in [2.24, 2.45) is 0 Å². The molecule has 0 radical (unpaired) electrons. The smallest absolute Gasteiger partial charge is 0.187 e. The third kappa shape index (κ3) is 1.72. The van der Waals surface area contributed by atoms with Gasteiger partial charge in [0.2, 0.25) is 0 Å². The maximum absolute atomic E-state index is 4.39. The summed E-state index contributed by atoms with van der Waals surface area (Å²) in [4.78, 5) is 4.39. The molecule has 84 valence electrons. The molecule has 3 aromatic rings. The summed E-state index contributed by atoms with van der Waals surface area (Å²) in [6.07, 6.45) is 1.94. The number of hydrogen-bond donors (Lipinski definition) is 0. The number of halogens is 1. The average Bonchev–Trinajstić information content (AvgIpc) is 2.74. The molecule has 0 fully saturated rings. The van der Waals surface area contributed by atoms with Crippen molar-refractivity contribution in [2.75, 3.05) is 0 Å². The van der Waals surface area contributed by atoms with E-state index in [-0.39, 0.29) is 0 Å². The largest absolute Gasteiger partial charge is 0.281 e. The van der Waals surface area contributed by atoms with Crippen LogP contribution in [0.25, 0.3) is 17.2 Å². The van der Waals surface area contributed by atoms with Gasteiger partial charge in [-0.2, -0.15) is 0 Å². The molecule has 0 unspecified atom stereocenters. The van der Waals surface area contributed by atoms with Gasteiger partial charge in [-0.15, -0.1) is 10.2 Å². The van der Waals surface area contributed by atoms with Gasteiger partial charge in [-0.1, -0.05) is 12.1 Å². The predicted octanol–water partition coefficient (Wildman–Crippen LogP) is 2.86. The van der Waals surface area contributed by atoms with Crippen LogP contribution in [0.5, 0.6) is 0 Å². The Morgan fingerprint density at radius 1 is 1.12 bits per heavy atom. The Morgan fingerprint density at radius 2 is 2.00 bits per heavy atom. The van der Waals surface area contributed by atoms with Gasteiger partial charge in [0.1, 0.15) is 10.3 Å². The van der Waals surface area contributed by atoms with Gasteiger partial charge in [-0.25, -0.2) is 4.98 Å². The van der Waals surface area contributed by atoms with Crippen LogP contribution in [0.2, 0.25) is 0 Å². The van der Waals surface area contributed by atoms with Crippen molar-refractivity contribution in [3.8, 4) is 11.5 Å². The van der Waals surface area contributed by atoms with Gasteiger partial charge in [0.15, 0.2) is 11.5 Å². The number of hydrogen-bond acceptors (Lipinski definition) is 3. The molecule has 3 rings (SSSR count). The van der Waals surface area contributed by atoms with Crippen molar-refractivity contribution in [1.82, 2.24) is 19.6 Å². The maximum Gasteiger partial charge on any atom is 0.187 e. The van der Waals surface area contributed by atoms with Crippen LogP contribution in [-0.4, -0.2) is 19.6 Å². The molecule has 0 aliphatic rings. The monoisotopic (exact) mass is 288 g/mol. The summed E-state index contributed by atoms with van der Waals surface area (Å²) in [5.74, 6) is 0.755. The molecule has 17 heavy (non-hydrogen) atoms. The fourth-order valence-corrected chi connectivity index (χ4v) is 2.10. The van der Waals surface area contributed by atoms with Crippen molar-refractivity contribution in [2.45, 2.75) is 6.92 Å². The van der Waals surface area contributed by atoms with Crippen molar-refractivity contribution in [1.29, 1.82) is 0 Å². The first-order valence-corrected chi connectivity index (χ1v) is 5.98. The molecule has 0 aliphatic heterocycles. The molecule has 0 aromatic carbocycles. The normalized spacial score (nSPS) is 10.9. The predicted molar refractivity (Wildman–Crippen MR) is 68.7 cm³/mol. The number of nitrogens with zero attached hydrogens (tertiary/aromatic N) is 4. The lowest BCUT2D eigenvalue weighted by atomic mass is 10.3. The average molecular weight is 289 g/mol. The van der Waals surface area contributed by atoms with Gasteiger partial charge in [0.05, 0.1) is 0 Å². The van der Waals surface area contributed by atoms with Crippen LogP contribution in [0, 0.1) is 6.92 Å². The van der Waals surface area contributed by atoms with E-state index in [4.69, 9.17) is 0 Å². The van der Waals surface area contributed by atoms with Gasteiger partial charge in [0, 0.05) is 6.20 Å². The molecular weight excluding hydrogens is 280 g/mol. The topological polar surface area (TPSA) is 43.1 Å². The number of fused-ring (bicyclic) bond motifs is 1. The molecule has 0 spiro atoms. The second-order valence-corrected chi connectivity index (χ2v) is 4.57. The van der Waals surface area contributed by atoms with Crippen LogP contribution in [0.4, 0.5) is 0 Å². The van der Waals surface area contributed by atoms with E-state index in [1.807, 2.05) is 47.9 Å². The number of rotatable bonds is 1. The SMILES string of the molecule is Cc1cccn2c(-c3cccc(Br)n3)nnc12. The van der Waals surface area contributed by atoms with Crippen LogP contribution in [0.3, 0.4) is 0 Å². The maximum atomic E-state index is 4.39. The number of pyridine rings is 2. The Bertz CT molecular complexity index is 690. The van der Waals surface area contributed by atoms with Gasteiger partial charge in [-0.3, -0.25) is 4.40 Å². The number of aromatic nitrogens is 4. The molecule has 4 nitrogen and oxygen atoms in total. The third-order valence-corrected chi connectivity index (χ3v) is 3.02. The van der Waals surface area contributed by atoms with E-state index in [0.717, 1.165) is 27.3 Å². The van der Waals surface area contributed by atoms with Gasteiger partial charge < -0.3 is 0 Å². The first-order chi connectivity index (χ1) is 8.25. The molecule has 3 heterocycles. The third-order valence-electron chi connectivity index (χ3n) is 2.57. The zero-order valence-corrected chi connectivity index (χ0v) is 10.7. The minimum absolute atomic E-state index is 0.755. The molecule has 5 heteroatoms. The summed E-state index contributed by atoms with van der Waals surface area (Å²) in [6.45, 7) is 2.02. The summed E-state index contributed by atoms with van der Waals surface area (Å²) >= 11 is 3.36. The quantitative estimate of drug-likeness (QED) is 0.647. The van der Waals surface area contributed by atoms with E-state index in [2.05, 4.69) is 31.1 Å². The van der Waals surface area contributed by atoms with Crippen molar-refractivity contribution < 1.29 is 0 Å². The Balaban J connectivity index is 2.28. The molecule has 0 aliphatic carbocycles. The molecule has 0 amide bonds. The molecule has 0 saturated heterocycles. The van der Waals surface area contributed by atoms with Crippen LogP contribution in [0.15, 0.2) is 41.1 Å². The van der Waals surface area contributed by atoms with E-state index >= 15 is 0 Å². The lowest BCUT2D eigenvalue weighted by molar-refractivity contribution is 1.08. The van der Waals surface area contributed by atoms with E-state index in [0.29, 0.717) is 0 Å². The van der Waals surface area contributed by atoms with E-state index < -0.39 is 0 Å². The van der Waals surface area contributed by atoms with E-state index in [9.17, 15) is 0 Å². The zero-order chi connectivity index (χ0) is 11.8. The molecule has 0 atom stereocenters. The van der Waals surface area contributed by atoms with Gasteiger partial charge in [-0.05, 0) is 46.6 Å². The summed E-state index contributed by atoms with van der Waals surface area (Å²) in [5.41, 5.74) is 2.77. The van der Waals surface area contributed by atoms with Gasteiger partial charge in [0.25, 0.3) is 0 Å². The molecule has 3 aromatic heterocycles. The summed E-state index contributed by atoms with van der Waals surface area (Å²) in [5, 5.41) is 8.38. The molecule has 0 saturated carbocycles. The van der Waals surface area contributed by atoms with Crippen LogP contribution >= 0.6 is 15.9 Å². The lowest BCUT2D eigenvalue weighted by Gasteiger charge is -2.00. The number of aryl methyl sites for hydroxylation is 1. The first-order valence-electron chi connectivity index (χ1n) is 5.19. The highest BCUT2D eigenvalue weighted by Crippen LogP contribution is 2.19. The Morgan fingerprint density at radius 3 is 2.82 bits per heavy atom. The Kier molecular flexibility index (Phi) is 2.40. The fourth-order valence-electron chi connectivity index (χ4n) is 1.76. The zero-order valence-electron chi connectivity index (χ0n) is 9.13. The van der Waals surface area contributed by atoms with Crippen LogP contribution < -0.4 is 0 Å². The molecule has 0 bridgehead atoms. The summed E-state index contributed by atoms with van der Waals surface area (Å²) in [7, 11) is 0. The lowest BCUT2D eigenvalue weighted by Crippen LogP contribution is -1.92. The minimum atomic E-state index is 0.755. The Hall–Kier alpha value is -1.75. The van der Waals surface area contributed by atoms with Crippen LogP contribution in [-0.2, 0) is 0 Å². The highest BCUT2D eigenvalue weighted by Gasteiger charge is 2.10. The van der Waals surface area contributed by atoms with Crippen molar-refractivity contribution >= 4 is 21.6 Å². The first kappa shape index (κ1) is 10.4. The van der Waals surface area contributed by atoms with Crippen LogP contribution in [0.1, 0.15) is 5.56 Å². The molecule has 0 N–H and O–H groups in total. The Labute approximate surface area is 106 Å². The second-order valence-electron chi connectivity index (χ2n) is 3.75. The summed E-state index contributed by atoms with van der Waals surface area (Å²) in [6, 6.07) is 9.74. The second kappa shape index (κ2) is 3.92. The highest BCUT2D eigenvalue weighted by molar-refractivity contribution is 9.10. The van der Waals surface area contributed by atoms with E-state index in [1.165, 1.54) is 0 Å². The fraction of sp³-hybridized carbons (Fsp3) is 0.0833. The molecular formula is C12H9BrN4. The summed E-state index contributed by atoms with van der Waals surface area (Å²) < 4.78 is 2.74. The van der Waals surface area contributed by atoms with E-state index in [1.54, 1.807) is 0 Å². The highest BCUT2D eigenvalue weighted by atomic mass is 79.9. The van der Waals surface area contributed by atoms with Crippen molar-refractivity contribution in [3.05, 3.63) is 46.7 Å². The minimum Gasteiger partial charge on any atom is -0.281 e. The van der Waals surface area contributed by atoms with Gasteiger partial charge >= 0.3 is 0 Å². The standard InChI is InChI=1S/C12H9BrN4/c1-8-4-3-7-17-11(8)15-16-12(17)9-5-2-6-10(13)14-9/h2-7H,1H3.